The third-order valence-corrected chi connectivity index (χ3v) is 4.87. The maximum absolute atomic E-state index is 12.6. The molecule has 0 radical (unpaired) electrons. The normalized spacial score (nSPS) is 10.3. The van der Waals surface area contributed by atoms with E-state index in [2.05, 4.69) is 10.6 Å². The van der Waals surface area contributed by atoms with Gasteiger partial charge in [0.2, 0.25) is 5.75 Å². The van der Waals surface area contributed by atoms with Gasteiger partial charge >= 0.3 is 0 Å². The van der Waals surface area contributed by atoms with Crippen molar-refractivity contribution in [1.29, 1.82) is 0 Å². The number of nitrogens with one attached hydrogen (secondary N) is 2. The van der Waals surface area contributed by atoms with Gasteiger partial charge in [0.25, 0.3) is 5.91 Å². The lowest BCUT2D eigenvalue weighted by atomic mass is 10.1. The molecule has 0 atom stereocenters. The molecule has 2 N–H and O–H groups in total. The fourth-order valence-corrected chi connectivity index (χ4v) is 3.13. The quantitative estimate of drug-likeness (QED) is 0.505. The van der Waals surface area contributed by atoms with Crippen LogP contribution in [0.25, 0.3) is 11.3 Å². The predicted octanol–water partition coefficient (Wildman–Crippen LogP) is 4.43. The van der Waals surface area contributed by atoms with E-state index in [0.717, 1.165) is 5.56 Å². The van der Waals surface area contributed by atoms with Crippen LogP contribution in [0.15, 0.2) is 52.9 Å². The molecule has 0 saturated heterocycles. The van der Waals surface area contributed by atoms with Gasteiger partial charge in [-0.15, -0.1) is 0 Å². The zero-order valence-electron chi connectivity index (χ0n) is 17.2. The molecule has 1 heterocycles. The van der Waals surface area contributed by atoms with Crippen LogP contribution in [0.4, 0.5) is 0 Å². The molecule has 0 aliphatic rings. The first-order valence-corrected chi connectivity index (χ1v) is 9.97. The fourth-order valence-electron chi connectivity index (χ4n) is 2.84. The van der Waals surface area contributed by atoms with Gasteiger partial charge in [0.1, 0.15) is 11.5 Å². The number of thiocarbonyl (C=S) groups is 1. The first kappa shape index (κ1) is 22.5. The number of hydrogen-bond acceptors (Lipinski definition) is 6. The molecule has 31 heavy (non-hydrogen) atoms. The summed E-state index contributed by atoms with van der Waals surface area (Å²) in [5, 5.41) is 6.39. The number of carbonyl (C=O) groups is 1. The lowest BCUT2D eigenvalue weighted by Crippen LogP contribution is -2.38. The van der Waals surface area contributed by atoms with Gasteiger partial charge in [-0.05, 0) is 60.7 Å². The zero-order valence-corrected chi connectivity index (χ0v) is 18.7. The number of furan rings is 1. The summed E-state index contributed by atoms with van der Waals surface area (Å²) in [7, 11) is 4.45. The lowest BCUT2D eigenvalue weighted by Gasteiger charge is -2.14. The van der Waals surface area contributed by atoms with Gasteiger partial charge in [-0.2, -0.15) is 0 Å². The second-order valence-corrected chi connectivity index (χ2v) is 7.17. The molecule has 9 heteroatoms. The molecular weight excluding hydrogens is 440 g/mol. The molecule has 1 amide bonds. The monoisotopic (exact) mass is 460 g/mol. The summed E-state index contributed by atoms with van der Waals surface area (Å²) in [4.78, 5) is 12.6. The van der Waals surface area contributed by atoms with Crippen LogP contribution in [0.5, 0.6) is 17.2 Å². The number of ether oxygens (including phenoxy) is 3. The number of halogens is 1. The van der Waals surface area contributed by atoms with Crippen LogP contribution in [0, 0.1) is 0 Å². The fraction of sp³-hybridized carbons (Fsp3) is 0.182. The summed E-state index contributed by atoms with van der Waals surface area (Å²) in [5.74, 6) is 2.09. The van der Waals surface area contributed by atoms with Crippen LogP contribution in [-0.2, 0) is 6.54 Å². The Labute approximate surface area is 190 Å². The minimum absolute atomic E-state index is 0.156. The van der Waals surface area contributed by atoms with E-state index < -0.39 is 5.91 Å². The third-order valence-electron chi connectivity index (χ3n) is 4.37. The second kappa shape index (κ2) is 10.2. The SMILES string of the molecule is COc1cc(C(=O)NC(=S)NCc2ccc(-c3ccc(Cl)cc3)o2)cc(OC)c1OC. The molecule has 162 valence electrons. The Morgan fingerprint density at radius 3 is 2.23 bits per heavy atom. The molecule has 0 saturated carbocycles. The van der Waals surface area contributed by atoms with Gasteiger partial charge in [0.05, 0.1) is 27.9 Å². The summed E-state index contributed by atoms with van der Waals surface area (Å²) in [6.45, 7) is 0.307. The van der Waals surface area contributed by atoms with E-state index >= 15 is 0 Å². The van der Waals surface area contributed by atoms with Crippen molar-refractivity contribution < 1.29 is 23.4 Å². The van der Waals surface area contributed by atoms with E-state index in [9.17, 15) is 4.79 Å². The van der Waals surface area contributed by atoms with Gasteiger partial charge < -0.3 is 23.9 Å². The van der Waals surface area contributed by atoms with Crippen molar-refractivity contribution in [2.45, 2.75) is 6.54 Å². The van der Waals surface area contributed by atoms with Crippen LogP contribution >= 0.6 is 23.8 Å². The van der Waals surface area contributed by atoms with Gasteiger partial charge in [-0.3, -0.25) is 10.1 Å². The Morgan fingerprint density at radius 2 is 1.65 bits per heavy atom. The maximum atomic E-state index is 12.6. The largest absolute Gasteiger partial charge is 0.493 e. The van der Waals surface area contributed by atoms with Gasteiger partial charge in [-0.1, -0.05) is 11.6 Å². The highest BCUT2D eigenvalue weighted by molar-refractivity contribution is 7.80. The topological polar surface area (TPSA) is 82.0 Å². The summed E-state index contributed by atoms with van der Waals surface area (Å²) < 4.78 is 21.6. The van der Waals surface area contributed by atoms with Gasteiger partial charge in [0, 0.05) is 16.1 Å². The van der Waals surface area contributed by atoms with Crippen LogP contribution < -0.4 is 24.8 Å². The molecule has 0 fully saturated rings. The maximum Gasteiger partial charge on any atom is 0.257 e. The number of carbonyl (C=O) groups excluding carboxylic acids is 1. The van der Waals surface area contributed by atoms with Gasteiger partial charge in [-0.25, -0.2) is 0 Å². The van der Waals surface area contributed by atoms with E-state index in [1.165, 1.54) is 21.3 Å². The Morgan fingerprint density at radius 1 is 1.00 bits per heavy atom. The second-order valence-electron chi connectivity index (χ2n) is 6.32. The molecule has 0 spiro atoms. The molecule has 0 aliphatic carbocycles. The summed E-state index contributed by atoms with van der Waals surface area (Å²) >= 11 is 11.1. The molecule has 1 aromatic heterocycles. The van der Waals surface area contributed by atoms with Crippen LogP contribution in [-0.4, -0.2) is 32.3 Å². The van der Waals surface area contributed by atoms with E-state index in [4.69, 9.17) is 42.4 Å². The van der Waals surface area contributed by atoms with Crippen molar-refractivity contribution in [2.75, 3.05) is 21.3 Å². The lowest BCUT2D eigenvalue weighted by molar-refractivity contribution is 0.0975. The Balaban J connectivity index is 1.61. The summed E-state index contributed by atoms with van der Waals surface area (Å²) in [6.07, 6.45) is 0. The molecule has 2 aromatic carbocycles. The van der Waals surface area contributed by atoms with Crippen molar-refractivity contribution in [3.8, 4) is 28.6 Å². The molecule has 3 rings (SSSR count). The van der Waals surface area contributed by atoms with E-state index in [1.807, 2.05) is 24.3 Å². The van der Waals surface area contributed by atoms with Gasteiger partial charge in [0.15, 0.2) is 16.6 Å². The molecular formula is C22H21ClN2O5S. The Bertz CT molecular complexity index is 1060. The van der Waals surface area contributed by atoms with E-state index in [-0.39, 0.29) is 5.11 Å². The smallest absolute Gasteiger partial charge is 0.257 e. The average Bonchev–Trinajstić information content (AvgIpc) is 3.26. The van der Waals surface area contributed by atoms with E-state index in [1.54, 1.807) is 24.3 Å². The first-order chi connectivity index (χ1) is 14.9. The number of hydrogen-bond donors (Lipinski definition) is 2. The number of methoxy groups -OCH3 is 3. The van der Waals surface area contributed by atoms with Crippen molar-refractivity contribution in [3.05, 3.63) is 64.9 Å². The molecule has 0 aliphatic heterocycles. The minimum atomic E-state index is -0.418. The highest BCUT2D eigenvalue weighted by Gasteiger charge is 2.17. The van der Waals surface area contributed by atoms with Crippen molar-refractivity contribution >= 4 is 34.8 Å². The van der Waals surface area contributed by atoms with Crippen LogP contribution in [0.1, 0.15) is 16.1 Å². The zero-order chi connectivity index (χ0) is 22.4. The molecule has 0 unspecified atom stereocenters. The summed E-state index contributed by atoms with van der Waals surface area (Å²) in [5.41, 5.74) is 1.22. The Hall–Kier alpha value is -3.23. The standard InChI is InChI=1S/C22H21ClN2O5S/c1-27-18-10-14(11-19(28-2)20(18)29-3)21(26)25-22(31)24-12-16-8-9-17(30-16)13-4-6-15(23)7-5-13/h4-11H,12H2,1-3H3,(H2,24,25,26,31). The van der Waals surface area contributed by atoms with Crippen molar-refractivity contribution in [3.63, 3.8) is 0 Å². The highest BCUT2D eigenvalue weighted by Crippen LogP contribution is 2.38. The van der Waals surface area contributed by atoms with Crippen molar-refractivity contribution in [1.82, 2.24) is 10.6 Å². The minimum Gasteiger partial charge on any atom is -0.493 e. The predicted molar refractivity (Wildman–Crippen MR) is 122 cm³/mol. The molecule has 7 nitrogen and oxygen atoms in total. The number of amides is 1. The number of rotatable bonds is 7. The van der Waals surface area contributed by atoms with E-state index in [0.29, 0.717) is 45.9 Å². The number of benzene rings is 2. The molecule has 0 bridgehead atoms. The Kier molecular flexibility index (Phi) is 7.38. The van der Waals surface area contributed by atoms with Crippen molar-refractivity contribution in [2.24, 2.45) is 0 Å². The molecule has 3 aromatic rings. The first-order valence-electron chi connectivity index (χ1n) is 9.19. The average molecular weight is 461 g/mol. The van der Waals surface area contributed by atoms with Crippen LogP contribution in [0.2, 0.25) is 5.02 Å². The summed E-state index contributed by atoms with van der Waals surface area (Å²) in [6, 6.07) is 14.1. The third kappa shape index (κ3) is 5.48. The highest BCUT2D eigenvalue weighted by atomic mass is 35.5. The van der Waals surface area contributed by atoms with Crippen LogP contribution in [0.3, 0.4) is 0 Å².